The standard InChI is InChI=1S/C17H19BrFNO/c1-11-4-6-15(19)8-14(11)10-20-12(2)13-5-7-17(21-3)16(18)9-13/h4-9,12,20H,10H2,1-3H3. The summed E-state index contributed by atoms with van der Waals surface area (Å²) in [5.41, 5.74) is 3.22. The Kier molecular flexibility index (Phi) is 5.37. The van der Waals surface area contributed by atoms with E-state index in [0.29, 0.717) is 6.54 Å². The van der Waals surface area contributed by atoms with Crippen LogP contribution >= 0.6 is 15.9 Å². The van der Waals surface area contributed by atoms with Crippen LogP contribution < -0.4 is 10.1 Å². The lowest BCUT2D eigenvalue weighted by Gasteiger charge is -2.16. The molecule has 1 N–H and O–H groups in total. The van der Waals surface area contributed by atoms with Gasteiger partial charge in [0.05, 0.1) is 11.6 Å². The minimum atomic E-state index is -0.197. The summed E-state index contributed by atoms with van der Waals surface area (Å²) in [7, 11) is 1.65. The van der Waals surface area contributed by atoms with Gasteiger partial charge in [-0.25, -0.2) is 4.39 Å². The number of ether oxygens (including phenoxy) is 1. The Morgan fingerprint density at radius 2 is 2.00 bits per heavy atom. The van der Waals surface area contributed by atoms with Gasteiger partial charge < -0.3 is 10.1 Å². The van der Waals surface area contributed by atoms with Crippen LogP contribution in [0.5, 0.6) is 5.75 Å². The molecule has 112 valence electrons. The quantitative estimate of drug-likeness (QED) is 0.838. The third-order valence-corrected chi connectivity index (χ3v) is 4.21. The van der Waals surface area contributed by atoms with Crippen molar-refractivity contribution < 1.29 is 9.13 Å². The number of benzene rings is 2. The molecular weight excluding hydrogens is 333 g/mol. The highest BCUT2D eigenvalue weighted by Gasteiger charge is 2.09. The van der Waals surface area contributed by atoms with Crippen molar-refractivity contribution in [3.63, 3.8) is 0 Å². The van der Waals surface area contributed by atoms with Crippen LogP contribution in [0.3, 0.4) is 0 Å². The highest BCUT2D eigenvalue weighted by molar-refractivity contribution is 9.10. The van der Waals surface area contributed by atoms with Crippen LogP contribution in [0.4, 0.5) is 4.39 Å². The minimum absolute atomic E-state index is 0.162. The van der Waals surface area contributed by atoms with Crippen LogP contribution in [-0.2, 0) is 6.54 Å². The van der Waals surface area contributed by atoms with Gasteiger partial charge in [0, 0.05) is 12.6 Å². The zero-order valence-electron chi connectivity index (χ0n) is 12.4. The van der Waals surface area contributed by atoms with Crippen molar-refractivity contribution in [2.24, 2.45) is 0 Å². The predicted molar refractivity (Wildman–Crippen MR) is 87.1 cm³/mol. The Labute approximate surface area is 133 Å². The molecule has 0 spiro atoms. The zero-order valence-corrected chi connectivity index (χ0v) is 14.0. The first kappa shape index (κ1) is 16.0. The van der Waals surface area contributed by atoms with Crippen LogP contribution in [0.2, 0.25) is 0 Å². The van der Waals surface area contributed by atoms with Gasteiger partial charge in [0.2, 0.25) is 0 Å². The molecule has 1 atom stereocenters. The molecule has 0 radical (unpaired) electrons. The van der Waals surface area contributed by atoms with Crippen LogP contribution in [-0.4, -0.2) is 7.11 Å². The topological polar surface area (TPSA) is 21.3 Å². The number of methoxy groups -OCH3 is 1. The molecule has 0 bridgehead atoms. The fraction of sp³-hybridized carbons (Fsp3) is 0.294. The summed E-state index contributed by atoms with van der Waals surface area (Å²) in [5, 5.41) is 3.42. The average Bonchev–Trinajstić information content (AvgIpc) is 2.47. The van der Waals surface area contributed by atoms with Gasteiger partial charge in [0.15, 0.2) is 0 Å². The van der Waals surface area contributed by atoms with Crippen molar-refractivity contribution in [3.8, 4) is 5.75 Å². The normalized spacial score (nSPS) is 12.2. The van der Waals surface area contributed by atoms with Gasteiger partial charge >= 0.3 is 0 Å². The SMILES string of the molecule is COc1ccc(C(C)NCc2cc(F)ccc2C)cc1Br. The summed E-state index contributed by atoms with van der Waals surface area (Å²) in [4.78, 5) is 0. The van der Waals surface area contributed by atoms with Crippen molar-refractivity contribution in [2.75, 3.05) is 7.11 Å². The first-order chi connectivity index (χ1) is 10.0. The lowest BCUT2D eigenvalue weighted by atomic mass is 10.1. The lowest BCUT2D eigenvalue weighted by molar-refractivity contribution is 0.411. The van der Waals surface area contributed by atoms with Crippen LogP contribution in [0.1, 0.15) is 29.7 Å². The second-order valence-corrected chi connectivity index (χ2v) is 5.92. The molecule has 0 amide bonds. The van der Waals surface area contributed by atoms with Gasteiger partial charge in [-0.05, 0) is 70.7 Å². The molecule has 0 saturated carbocycles. The Morgan fingerprint density at radius 1 is 1.24 bits per heavy atom. The molecule has 4 heteroatoms. The molecule has 21 heavy (non-hydrogen) atoms. The van der Waals surface area contributed by atoms with Gasteiger partial charge in [-0.1, -0.05) is 12.1 Å². The Hall–Kier alpha value is -1.39. The van der Waals surface area contributed by atoms with E-state index in [4.69, 9.17) is 4.74 Å². The maximum absolute atomic E-state index is 13.3. The van der Waals surface area contributed by atoms with E-state index in [9.17, 15) is 4.39 Å². The Balaban J connectivity index is 2.06. The Morgan fingerprint density at radius 3 is 2.67 bits per heavy atom. The van der Waals surface area contributed by atoms with Gasteiger partial charge in [0.1, 0.15) is 11.6 Å². The third-order valence-electron chi connectivity index (χ3n) is 3.59. The number of nitrogens with one attached hydrogen (secondary N) is 1. The largest absolute Gasteiger partial charge is 0.496 e. The van der Waals surface area contributed by atoms with E-state index in [1.807, 2.05) is 25.1 Å². The van der Waals surface area contributed by atoms with Crippen molar-refractivity contribution in [1.29, 1.82) is 0 Å². The average molecular weight is 352 g/mol. The molecule has 0 saturated heterocycles. The molecule has 2 nitrogen and oxygen atoms in total. The number of hydrogen-bond acceptors (Lipinski definition) is 2. The number of rotatable bonds is 5. The van der Waals surface area contributed by atoms with Crippen molar-refractivity contribution >= 4 is 15.9 Å². The summed E-state index contributed by atoms with van der Waals surface area (Å²) in [6, 6.07) is 11.0. The molecule has 2 aromatic carbocycles. The minimum Gasteiger partial charge on any atom is -0.496 e. The lowest BCUT2D eigenvalue weighted by Crippen LogP contribution is -2.18. The highest BCUT2D eigenvalue weighted by atomic mass is 79.9. The monoisotopic (exact) mass is 351 g/mol. The maximum atomic E-state index is 13.3. The molecule has 2 rings (SSSR count). The van der Waals surface area contributed by atoms with E-state index in [2.05, 4.69) is 28.2 Å². The van der Waals surface area contributed by atoms with E-state index < -0.39 is 0 Å². The van der Waals surface area contributed by atoms with Crippen LogP contribution in [0.25, 0.3) is 0 Å². The first-order valence-electron chi connectivity index (χ1n) is 6.83. The molecule has 0 aliphatic rings. The summed E-state index contributed by atoms with van der Waals surface area (Å²) in [6.45, 7) is 4.71. The van der Waals surface area contributed by atoms with E-state index >= 15 is 0 Å². The summed E-state index contributed by atoms with van der Waals surface area (Å²) < 4.78 is 19.4. The Bertz CT molecular complexity index is 630. The van der Waals surface area contributed by atoms with E-state index in [-0.39, 0.29) is 11.9 Å². The van der Waals surface area contributed by atoms with Gasteiger partial charge in [-0.2, -0.15) is 0 Å². The first-order valence-corrected chi connectivity index (χ1v) is 7.62. The zero-order chi connectivity index (χ0) is 15.4. The summed E-state index contributed by atoms with van der Waals surface area (Å²) in [5.74, 6) is 0.615. The molecule has 0 aromatic heterocycles. The predicted octanol–water partition coefficient (Wildman–Crippen LogP) is 4.76. The fourth-order valence-corrected chi connectivity index (χ4v) is 2.72. The van der Waals surface area contributed by atoms with Gasteiger partial charge in [0.25, 0.3) is 0 Å². The number of aryl methyl sites for hydroxylation is 1. The van der Waals surface area contributed by atoms with Crippen molar-refractivity contribution in [3.05, 3.63) is 63.4 Å². The third kappa shape index (κ3) is 4.05. The molecule has 0 aliphatic heterocycles. The number of hydrogen-bond donors (Lipinski definition) is 1. The second-order valence-electron chi connectivity index (χ2n) is 5.07. The van der Waals surface area contributed by atoms with Crippen LogP contribution in [0, 0.1) is 12.7 Å². The smallest absolute Gasteiger partial charge is 0.133 e. The summed E-state index contributed by atoms with van der Waals surface area (Å²) in [6.07, 6.45) is 0. The van der Waals surface area contributed by atoms with Crippen LogP contribution in [0.15, 0.2) is 40.9 Å². The maximum Gasteiger partial charge on any atom is 0.133 e. The van der Waals surface area contributed by atoms with E-state index in [1.165, 1.54) is 6.07 Å². The van der Waals surface area contributed by atoms with Gasteiger partial charge in [-0.15, -0.1) is 0 Å². The molecule has 0 fully saturated rings. The fourth-order valence-electron chi connectivity index (χ4n) is 2.16. The molecular formula is C17H19BrFNO. The summed E-state index contributed by atoms with van der Waals surface area (Å²) >= 11 is 3.49. The van der Waals surface area contributed by atoms with E-state index in [0.717, 1.165) is 26.9 Å². The number of halogens is 2. The molecule has 0 heterocycles. The second kappa shape index (κ2) is 7.05. The molecule has 2 aromatic rings. The van der Waals surface area contributed by atoms with Gasteiger partial charge in [-0.3, -0.25) is 0 Å². The molecule has 0 aliphatic carbocycles. The highest BCUT2D eigenvalue weighted by Crippen LogP contribution is 2.28. The van der Waals surface area contributed by atoms with E-state index in [1.54, 1.807) is 19.2 Å². The molecule has 1 unspecified atom stereocenters. The van der Waals surface area contributed by atoms with Crippen molar-refractivity contribution in [2.45, 2.75) is 26.4 Å². The van der Waals surface area contributed by atoms with Crippen molar-refractivity contribution in [1.82, 2.24) is 5.32 Å².